The van der Waals surface area contributed by atoms with E-state index in [9.17, 15) is 9.59 Å². The summed E-state index contributed by atoms with van der Waals surface area (Å²) in [7, 11) is 0. The van der Waals surface area contributed by atoms with Gasteiger partial charge in [0.1, 0.15) is 5.69 Å². The molecule has 7 nitrogen and oxygen atoms in total. The SMILES string of the molecule is CC1Cn2ncc(NC(=O)c3cccc(C#N)c3)c2C(=O)N1. The van der Waals surface area contributed by atoms with E-state index < -0.39 is 0 Å². The smallest absolute Gasteiger partial charge is 0.271 e. The van der Waals surface area contributed by atoms with Crippen LogP contribution in [-0.2, 0) is 6.54 Å². The molecular formula is C15H13N5O2. The van der Waals surface area contributed by atoms with Crippen molar-refractivity contribution in [1.29, 1.82) is 5.26 Å². The van der Waals surface area contributed by atoms with Crippen molar-refractivity contribution >= 4 is 17.5 Å². The largest absolute Gasteiger partial charge is 0.346 e. The first-order valence-corrected chi connectivity index (χ1v) is 6.76. The summed E-state index contributed by atoms with van der Waals surface area (Å²) >= 11 is 0. The topological polar surface area (TPSA) is 99.8 Å². The van der Waals surface area contributed by atoms with Crippen molar-refractivity contribution in [3.05, 3.63) is 47.3 Å². The predicted octanol–water partition coefficient (Wildman–Crippen LogP) is 1.14. The number of benzene rings is 1. The molecule has 1 atom stereocenters. The maximum absolute atomic E-state index is 12.2. The van der Waals surface area contributed by atoms with E-state index >= 15 is 0 Å². The summed E-state index contributed by atoms with van der Waals surface area (Å²) in [6.07, 6.45) is 1.46. The molecule has 110 valence electrons. The maximum Gasteiger partial charge on any atom is 0.271 e. The van der Waals surface area contributed by atoms with Crippen LogP contribution in [0.1, 0.15) is 33.3 Å². The first-order valence-electron chi connectivity index (χ1n) is 6.76. The molecule has 1 aromatic heterocycles. The summed E-state index contributed by atoms with van der Waals surface area (Å²) in [6.45, 7) is 2.44. The van der Waals surface area contributed by atoms with Crippen LogP contribution in [0.4, 0.5) is 5.69 Å². The minimum atomic E-state index is -0.390. The zero-order chi connectivity index (χ0) is 15.7. The van der Waals surface area contributed by atoms with Crippen molar-refractivity contribution in [2.75, 3.05) is 5.32 Å². The lowest BCUT2D eigenvalue weighted by atomic mass is 10.1. The number of fused-ring (bicyclic) bond motifs is 1. The van der Waals surface area contributed by atoms with Gasteiger partial charge in [-0.15, -0.1) is 0 Å². The van der Waals surface area contributed by atoms with Crippen LogP contribution < -0.4 is 10.6 Å². The standard InChI is InChI=1S/C15H13N5O2/c1-9-8-20-13(15(22)18-9)12(7-17-20)19-14(21)11-4-2-3-10(5-11)6-16/h2-5,7,9H,8H2,1H3,(H,18,22)(H,19,21). The van der Waals surface area contributed by atoms with Gasteiger partial charge < -0.3 is 10.6 Å². The molecule has 0 saturated heterocycles. The number of hydrogen-bond donors (Lipinski definition) is 2. The van der Waals surface area contributed by atoms with Crippen LogP contribution in [0, 0.1) is 11.3 Å². The minimum Gasteiger partial charge on any atom is -0.346 e. The Hall–Kier alpha value is -3.14. The summed E-state index contributed by atoms with van der Waals surface area (Å²) in [5.41, 5.74) is 1.44. The van der Waals surface area contributed by atoms with Gasteiger partial charge in [-0.2, -0.15) is 10.4 Å². The Labute approximate surface area is 126 Å². The van der Waals surface area contributed by atoms with Crippen LogP contribution >= 0.6 is 0 Å². The fourth-order valence-corrected chi connectivity index (χ4v) is 2.38. The van der Waals surface area contributed by atoms with Crippen LogP contribution in [-0.4, -0.2) is 27.6 Å². The molecule has 2 heterocycles. The fourth-order valence-electron chi connectivity index (χ4n) is 2.38. The highest BCUT2D eigenvalue weighted by Crippen LogP contribution is 2.19. The molecule has 0 spiro atoms. The molecule has 1 aliphatic heterocycles. The highest BCUT2D eigenvalue weighted by molar-refractivity contribution is 6.08. The third kappa shape index (κ3) is 2.42. The Bertz CT molecular complexity index is 803. The van der Waals surface area contributed by atoms with Gasteiger partial charge in [-0.3, -0.25) is 14.3 Å². The monoisotopic (exact) mass is 295 g/mol. The lowest BCUT2D eigenvalue weighted by molar-refractivity contribution is 0.0902. The predicted molar refractivity (Wildman–Crippen MR) is 78.3 cm³/mol. The van der Waals surface area contributed by atoms with Gasteiger partial charge in [0.05, 0.1) is 30.1 Å². The van der Waals surface area contributed by atoms with Crippen LogP contribution in [0.15, 0.2) is 30.5 Å². The zero-order valence-electron chi connectivity index (χ0n) is 11.8. The molecule has 3 rings (SSSR count). The first-order chi connectivity index (χ1) is 10.6. The molecule has 0 bridgehead atoms. The molecule has 2 aromatic rings. The highest BCUT2D eigenvalue weighted by Gasteiger charge is 2.26. The molecule has 22 heavy (non-hydrogen) atoms. The Morgan fingerprint density at radius 3 is 3.14 bits per heavy atom. The number of amides is 2. The second-order valence-corrected chi connectivity index (χ2v) is 5.11. The van der Waals surface area contributed by atoms with E-state index in [1.165, 1.54) is 12.3 Å². The van der Waals surface area contributed by atoms with Crippen molar-refractivity contribution < 1.29 is 9.59 Å². The summed E-state index contributed by atoms with van der Waals surface area (Å²) in [4.78, 5) is 24.3. The minimum absolute atomic E-state index is 0.00392. The molecular weight excluding hydrogens is 282 g/mol. The average molecular weight is 295 g/mol. The Kier molecular flexibility index (Phi) is 3.35. The van der Waals surface area contributed by atoms with E-state index in [0.29, 0.717) is 29.1 Å². The van der Waals surface area contributed by atoms with Crippen LogP contribution in [0.25, 0.3) is 0 Å². The van der Waals surface area contributed by atoms with E-state index in [0.717, 1.165) is 0 Å². The van der Waals surface area contributed by atoms with Gasteiger partial charge in [0, 0.05) is 11.6 Å². The number of aromatic nitrogens is 2. The molecule has 1 aliphatic rings. The van der Waals surface area contributed by atoms with E-state index in [4.69, 9.17) is 5.26 Å². The van der Waals surface area contributed by atoms with Crippen molar-refractivity contribution in [1.82, 2.24) is 15.1 Å². The Morgan fingerprint density at radius 1 is 1.55 bits per heavy atom. The van der Waals surface area contributed by atoms with Crippen molar-refractivity contribution in [2.45, 2.75) is 19.5 Å². The average Bonchev–Trinajstić information content (AvgIpc) is 2.90. The van der Waals surface area contributed by atoms with Crippen LogP contribution in [0.5, 0.6) is 0 Å². The van der Waals surface area contributed by atoms with Gasteiger partial charge in [0.25, 0.3) is 11.8 Å². The number of nitrogens with one attached hydrogen (secondary N) is 2. The molecule has 0 fully saturated rings. The van der Waals surface area contributed by atoms with Gasteiger partial charge in [0.2, 0.25) is 0 Å². The summed E-state index contributed by atoms with van der Waals surface area (Å²) in [5, 5.41) is 18.5. The van der Waals surface area contributed by atoms with Crippen molar-refractivity contribution in [3.8, 4) is 6.07 Å². The van der Waals surface area contributed by atoms with Crippen molar-refractivity contribution in [3.63, 3.8) is 0 Å². The summed E-state index contributed by atoms with van der Waals surface area (Å²) in [5.74, 6) is -0.656. The van der Waals surface area contributed by atoms with Crippen molar-refractivity contribution in [2.24, 2.45) is 0 Å². The number of anilines is 1. The molecule has 0 saturated carbocycles. The van der Waals surface area contributed by atoms with Gasteiger partial charge in [-0.25, -0.2) is 0 Å². The van der Waals surface area contributed by atoms with Gasteiger partial charge in [-0.05, 0) is 25.1 Å². The van der Waals surface area contributed by atoms with E-state index in [1.54, 1.807) is 22.9 Å². The number of rotatable bonds is 2. The lowest BCUT2D eigenvalue weighted by Crippen LogP contribution is -2.42. The first kappa shape index (κ1) is 13.8. The van der Waals surface area contributed by atoms with E-state index in [1.807, 2.05) is 13.0 Å². The number of carbonyl (C=O) groups is 2. The third-order valence-electron chi connectivity index (χ3n) is 3.38. The van der Waals surface area contributed by atoms with Gasteiger partial charge >= 0.3 is 0 Å². The quantitative estimate of drug-likeness (QED) is 0.867. The second-order valence-electron chi connectivity index (χ2n) is 5.11. The molecule has 2 N–H and O–H groups in total. The number of carbonyl (C=O) groups excluding carboxylic acids is 2. The fraction of sp³-hybridized carbons (Fsp3) is 0.200. The molecule has 1 aromatic carbocycles. The number of hydrogen-bond acceptors (Lipinski definition) is 4. The number of nitrogens with zero attached hydrogens (tertiary/aromatic N) is 3. The molecule has 0 aliphatic carbocycles. The summed E-state index contributed by atoms with van der Waals surface area (Å²) < 4.78 is 1.57. The second kappa shape index (κ2) is 5.33. The maximum atomic E-state index is 12.2. The lowest BCUT2D eigenvalue weighted by Gasteiger charge is -2.21. The van der Waals surface area contributed by atoms with Crippen LogP contribution in [0.2, 0.25) is 0 Å². The summed E-state index contributed by atoms with van der Waals surface area (Å²) in [6, 6.07) is 8.33. The zero-order valence-corrected chi connectivity index (χ0v) is 11.8. The number of nitriles is 1. The highest BCUT2D eigenvalue weighted by atomic mass is 16.2. The molecule has 2 amide bonds. The van der Waals surface area contributed by atoms with Crippen LogP contribution in [0.3, 0.4) is 0 Å². The third-order valence-corrected chi connectivity index (χ3v) is 3.38. The Balaban J connectivity index is 1.87. The molecule has 0 radical (unpaired) electrons. The van der Waals surface area contributed by atoms with E-state index in [-0.39, 0.29) is 17.9 Å². The molecule has 7 heteroatoms. The van der Waals surface area contributed by atoms with E-state index in [2.05, 4.69) is 15.7 Å². The Morgan fingerprint density at radius 2 is 2.36 bits per heavy atom. The van der Waals surface area contributed by atoms with Gasteiger partial charge in [0.15, 0.2) is 0 Å². The van der Waals surface area contributed by atoms with Gasteiger partial charge in [-0.1, -0.05) is 6.07 Å². The molecule has 1 unspecified atom stereocenters. The normalized spacial score (nSPS) is 16.4.